The molecule has 0 aliphatic heterocycles. The van der Waals surface area contributed by atoms with Crippen molar-refractivity contribution in [3.63, 3.8) is 0 Å². The maximum Gasteiger partial charge on any atom is 0.164 e. The van der Waals surface area contributed by atoms with Crippen LogP contribution in [-0.2, 0) is 0 Å². The highest BCUT2D eigenvalue weighted by atomic mass is 15.0. The van der Waals surface area contributed by atoms with E-state index >= 15 is 0 Å². The molecule has 0 unspecified atom stereocenters. The molecule has 0 N–H and O–H groups in total. The average molecular weight is 560 g/mol. The monoisotopic (exact) mass is 559 g/mol. The van der Waals surface area contributed by atoms with Crippen LogP contribution in [0, 0.1) is 0 Å². The number of hydrogen-bond acceptors (Lipinski definition) is 3. The molecule has 0 amide bonds. The van der Waals surface area contributed by atoms with Crippen LogP contribution in [-0.4, -0.2) is 15.0 Å². The first-order valence-corrected chi connectivity index (χ1v) is 14.9. The maximum atomic E-state index is 4.99. The molecular formula is C41H25N3. The summed E-state index contributed by atoms with van der Waals surface area (Å²) in [6, 6.07) is 53.3. The molecule has 0 bridgehead atoms. The molecule has 7 aromatic carbocycles. The van der Waals surface area contributed by atoms with Gasteiger partial charge in [-0.2, -0.15) is 0 Å². The number of fused-ring (bicyclic) bond motifs is 4. The summed E-state index contributed by atoms with van der Waals surface area (Å²) in [7, 11) is 0. The van der Waals surface area contributed by atoms with Crippen LogP contribution in [0.2, 0.25) is 0 Å². The molecule has 0 saturated heterocycles. The molecule has 0 fully saturated rings. The summed E-state index contributed by atoms with van der Waals surface area (Å²) in [5.41, 5.74) is 10.5. The molecule has 0 spiro atoms. The lowest BCUT2D eigenvalue weighted by Gasteiger charge is -2.11. The van der Waals surface area contributed by atoms with Crippen molar-refractivity contribution in [2.75, 3.05) is 0 Å². The average Bonchev–Trinajstić information content (AvgIpc) is 3.43. The summed E-state index contributed by atoms with van der Waals surface area (Å²) in [6.45, 7) is 0. The van der Waals surface area contributed by atoms with E-state index in [9.17, 15) is 0 Å². The van der Waals surface area contributed by atoms with Crippen LogP contribution in [0.3, 0.4) is 0 Å². The van der Waals surface area contributed by atoms with Crippen LogP contribution in [0.5, 0.6) is 0 Å². The van der Waals surface area contributed by atoms with Crippen LogP contribution in [0.1, 0.15) is 0 Å². The topological polar surface area (TPSA) is 38.7 Å². The Labute approximate surface area is 255 Å². The Morgan fingerprint density at radius 3 is 1.57 bits per heavy atom. The predicted molar refractivity (Wildman–Crippen MR) is 181 cm³/mol. The van der Waals surface area contributed by atoms with Crippen molar-refractivity contribution >= 4 is 21.5 Å². The number of hydrogen-bond donors (Lipinski definition) is 0. The van der Waals surface area contributed by atoms with Gasteiger partial charge in [0, 0.05) is 16.7 Å². The lowest BCUT2D eigenvalue weighted by atomic mass is 9.94. The van der Waals surface area contributed by atoms with E-state index in [1.807, 2.05) is 30.3 Å². The zero-order valence-corrected chi connectivity index (χ0v) is 23.8. The van der Waals surface area contributed by atoms with Gasteiger partial charge in [-0.05, 0) is 61.0 Å². The van der Waals surface area contributed by atoms with Gasteiger partial charge in [-0.15, -0.1) is 0 Å². The summed E-state index contributed by atoms with van der Waals surface area (Å²) < 4.78 is 0. The van der Waals surface area contributed by atoms with Crippen molar-refractivity contribution < 1.29 is 0 Å². The largest absolute Gasteiger partial charge is 0.208 e. The summed E-state index contributed by atoms with van der Waals surface area (Å²) >= 11 is 0. The molecule has 1 aliphatic rings. The fourth-order valence-electron chi connectivity index (χ4n) is 6.54. The van der Waals surface area contributed by atoms with Crippen molar-refractivity contribution in [3.8, 4) is 67.5 Å². The molecule has 8 aromatic rings. The molecule has 1 aromatic heterocycles. The minimum Gasteiger partial charge on any atom is -0.208 e. The number of benzene rings is 7. The summed E-state index contributed by atoms with van der Waals surface area (Å²) in [4.78, 5) is 14.9. The molecule has 3 nitrogen and oxygen atoms in total. The van der Waals surface area contributed by atoms with Crippen LogP contribution in [0.15, 0.2) is 152 Å². The van der Waals surface area contributed by atoms with E-state index in [-0.39, 0.29) is 0 Å². The van der Waals surface area contributed by atoms with E-state index in [0.717, 1.165) is 22.1 Å². The van der Waals surface area contributed by atoms with Gasteiger partial charge in [-0.1, -0.05) is 146 Å². The normalized spacial score (nSPS) is 11.6. The van der Waals surface area contributed by atoms with E-state index in [0.29, 0.717) is 17.5 Å². The minimum absolute atomic E-state index is 0.657. The maximum absolute atomic E-state index is 4.99. The predicted octanol–water partition coefficient (Wildman–Crippen LogP) is 10.5. The fraction of sp³-hybridized carbons (Fsp3) is 0. The van der Waals surface area contributed by atoms with Gasteiger partial charge in [0.05, 0.1) is 0 Å². The van der Waals surface area contributed by atoms with Gasteiger partial charge in [0.25, 0.3) is 0 Å². The first kappa shape index (κ1) is 24.6. The van der Waals surface area contributed by atoms with Crippen molar-refractivity contribution in [2.45, 2.75) is 0 Å². The van der Waals surface area contributed by atoms with Gasteiger partial charge < -0.3 is 0 Å². The van der Waals surface area contributed by atoms with E-state index in [2.05, 4.69) is 121 Å². The standard InChI is InChI=1S/C41H25N3/c1-2-10-28(11-3-1)39-42-40(44-41(43-39)31-22-17-26-9-4-5-12-30(26)25-31)29-20-18-27(19-21-29)32-23-24-37-34-14-7-6-13-33(34)36-16-8-15-35(32)38(36)37/h1-25H. The highest BCUT2D eigenvalue weighted by molar-refractivity contribution is 6.18. The zero-order valence-electron chi connectivity index (χ0n) is 23.8. The Balaban J connectivity index is 1.15. The van der Waals surface area contributed by atoms with Crippen LogP contribution in [0.25, 0.3) is 89.1 Å². The highest BCUT2D eigenvalue weighted by Crippen LogP contribution is 2.49. The first-order valence-electron chi connectivity index (χ1n) is 14.9. The minimum atomic E-state index is 0.657. The van der Waals surface area contributed by atoms with Gasteiger partial charge in [0.2, 0.25) is 0 Å². The first-order chi connectivity index (χ1) is 21.8. The van der Waals surface area contributed by atoms with Gasteiger partial charge in [-0.25, -0.2) is 15.0 Å². The van der Waals surface area contributed by atoms with Crippen LogP contribution < -0.4 is 0 Å². The molecule has 3 heteroatoms. The van der Waals surface area contributed by atoms with E-state index in [1.165, 1.54) is 49.5 Å². The van der Waals surface area contributed by atoms with Crippen molar-refractivity contribution in [2.24, 2.45) is 0 Å². The van der Waals surface area contributed by atoms with Crippen molar-refractivity contribution in [1.82, 2.24) is 15.0 Å². The van der Waals surface area contributed by atoms with Crippen molar-refractivity contribution in [3.05, 3.63) is 152 Å². The fourth-order valence-corrected chi connectivity index (χ4v) is 6.54. The molecule has 1 heterocycles. The SMILES string of the molecule is c1ccc(-c2nc(-c3ccc(-c4ccc5c6c(cccc46)-c4ccccc4-5)cc3)nc(-c3ccc4ccccc4c3)n2)cc1. The van der Waals surface area contributed by atoms with E-state index in [4.69, 9.17) is 15.0 Å². The van der Waals surface area contributed by atoms with Gasteiger partial charge in [0.1, 0.15) is 0 Å². The van der Waals surface area contributed by atoms with Gasteiger partial charge in [0.15, 0.2) is 17.5 Å². The van der Waals surface area contributed by atoms with Crippen LogP contribution >= 0.6 is 0 Å². The third-order valence-corrected chi connectivity index (χ3v) is 8.68. The lowest BCUT2D eigenvalue weighted by Crippen LogP contribution is -2.00. The van der Waals surface area contributed by atoms with Crippen LogP contribution in [0.4, 0.5) is 0 Å². The molecule has 0 atom stereocenters. The molecule has 44 heavy (non-hydrogen) atoms. The Hall–Kier alpha value is -5.93. The second kappa shape index (κ2) is 9.82. The number of aromatic nitrogens is 3. The van der Waals surface area contributed by atoms with Gasteiger partial charge >= 0.3 is 0 Å². The number of rotatable bonds is 4. The third kappa shape index (κ3) is 3.94. The number of nitrogens with zero attached hydrogens (tertiary/aromatic N) is 3. The van der Waals surface area contributed by atoms with E-state index in [1.54, 1.807) is 0 Å². The molecular weight excluding hydrogens is 534 g/mol. The Kier molecular flexibility index (Phi) is 5.50. The second-order valence-electron chi connectivity index (χ2n) is 11.2. The molecule has 0 saturated carbocycles. The Morgan fingerprint density at radius 2 is 0.818 bits per heavy atom. The lowest BCUT2D eigenvalue weighted by molar-refractivity contribution is 1.07. The third-order valence-electron chi connectivity index (χ3n) is 8.68. The quantitative estimate of drug-likeness (QED) is 0.215. The molecule has 1 aliphatic carbocycles. The molecule has 0 radical (unpaired) electrons. The van der Waals surface area contributed by atoms with E-state index < -0.39 is 0 Å². The van der Waals surface area contributed by atoms with Gasteiger partial charge in [-0.3, -0.25) is 0 Å². The van der Waals surface area contributed by atoms with Crippen molar-refractivity contribution in [1.29, 1.82) is 0 Å². The highest BCUT2D eigenvalue weighted by Gasteiger charge is 2.22. The Morgan fingerprint density at radius 1 is 0.295 bits per heavy atom. The second-order valence-corrected chi connectivity index (χ2v) is 11.2. The smallest absolute Gasteiger partial charge is 0.164 e. The Bertz CT molecular complexity index is 2350. The zero-order chi connectivity index (χ0) is 29.0. The molecule has 9 rings (SSSR count). The molecule has 204 valence electrons. The summed E-state index contributed by atoms with van der Waals surface area (Å²) in [5, 5.41) is 4.96. The summed E-state index contributed by atoms with van der Waals surface area (Å²) in [5.74, 6) is 1.98. The summed E-state index contributed by atoms with van der Waals surface area (Å²) in [6.07, 6.45) is 0.